The van der Waals surface area contributed by atoms with Crippen LogP contribution in [0.4, 0.5) is 17.1 Å². The van der Waals surface area contributed by atoms with Crippen molar-refractivity contribution in [3.8, 4) is 0 Å². The first-order chi connectivity index (χ1) is 10.9. The Labute approximate surface area is 134 Å². The highest BCUT2D eigenvalue weighted by molar-refractivity contribution is 6.33. The van der Waals surface area contributed by atoms with E-state index in [0.29, 0.717) is 0 Å². The van der Waals surface area contributed by atoms with Crippen LogP contribution in [0.5, 0.6) is 0 Å². The van der Waals surface area contributed by atoms with E-state index in [1.54, 1.807) is 0 Å². The van der Waals surface area contributed by atoms with Crippen molar-refractivity contribution in [1.29, 1.82) is 0 Å². The highest BCUT2D eigenvalue weighted by atomic mass is 35.5. The molecule has 0 saturated heterocycles. The fourth-order valence-corrected chi connectivity index (χ4v) is 1.89. The average molecular weight is 340 g/mol. The van der Waals surface area contributed by atoms with E-state index in [9.17, 15) is 25.0 Å². The summed E-state index contributed by atoms with van der Waals surface area (Å²) in [7, 11) is 0. The molecule has 1 aromatic carbocycles. The maximum absolute atomic E-state index is 11.8. The molecule has 1 N–H and O–H groups in total. The molecule has 1 aromatic heterocycles. The largest absolute Gasteiger partial charge is 0.325 e. The summed E-state index contributed by atoms with van der Waals surface area (Å²) in [6, 6.07) is 3.69. The number of hydrogen-bond acceptors (Lipinski definition) is 6. The van der Waals surface area contributed by atoms with Crippen LogP contribution in [0.3, 0.4) is 0 Å². The molecule has 0 aliphatic heterocycles. The molecular formula is C12H10ClN5O5. The molecule has 0 atom stereocenters. The molecule has 0 saturated carbocycles. The van der Waals surface area contributed by atoms with Crippen LogP contribution >= 0.6 is 11.6 Å². The lowest BCUT2D eigenvalue weighted by molar-refractivity contribution is -0.385. The number of amides is 1. The zero-order chi connectivity index (χ0) is 17.0. The van der Waals surface area contributed by atoms with Gasteiger partial charge in [-0.2, -0.15) is 5.10 Å². The molecule has 1 amide bonds. The van der Waals surface area contributed by atoms with Crippen LogP contribution in [-0.4, -0.2) is 25.5 Å². The van der Waals surface area contributed by atoms with E-state index in [2.05, 4.69) is 10.4 Å². The first kappa shape index (κ1) is 16.4. The number of aryl methyl sites for hydroxylation is 1. The molecule has 0 aliphatic carbocycles. The van der Waals surface area contributed by atoms with Gasteiger partial charge in [0.25, 0.3) is 5.69 Å². The van der Waals surface area contributed by atoms with Gasteiger partial charge in [0.05, 0.1) is 20.6 Å². The highest BCUT2D eigenvalue weighted by Crippen LogP contribution is 2.26. The van der Waals surface area contributed by atoms with Crippen molar-refractivity contribution >= 4 is 34.6 Å². The number of non-ortho nitro benzene ring substituents is 1. The number of nitro groups is 2. The van der Waals surface area contributed by atoms with Crippen LogP contribution in [0.15, 0.2) is 30.6 Å². The summed E-state index contributed by atoms with van der Waals surface area (Å²) in [4.78, 5) is 31.9. The lowest BCUT2D eigenvalue weighted by Crippen LogP contribution is -2.15. The van der Waals surface area contributed by atoms with Crippen LogP contribution in [-0.2, 0) is 11.3 Å². The summed E-state index contributed by atoms with van der Waals surface area (Å²) >= 11 is 5.87. The number of aromatic nitrogens is 2. The van der Waals surface area contributed by atoms with Crippen LogP contribution in [0.25, 0.3) is 0 Å². The number of rotatable bonds is 6. The number of benzene rings is 1. The normalized spacial score (nSPS) is 10.3. The second kappa shape index (κ2) is 6.83. The minimum absolute atomic E-state index is 0.0299. The van der Waals surface area contributed by atoms with Crippen molar-refractivity contribution in [2.24, 2.45) is 0 Å². The first-order valence-electron chi connectivity index (χ1n) is 6.27. The van der Waals surface area contributed by atoms with Gasteiger partial charge in [-0.15, -0.1) is 0 Å². The van der Waals surface area contributed by atoms with Crippen LogP contribution < -0.4 is 5.32 Å². The summed E-state index contributed by atoms with van der Waals surface area (Å²) in [6.07, 6.45) is 2.25. The molecule has 2 aromatic rings. The molecule has 1 heterocycles. The minimum Gasteiger partial charge on any atom is -0.325 e. The van der Waals surface area contributed by atoms with E-state index in [1.165, 1.54) is 23.0 Å². The van der Waals surface area contributed by atoms with Crippen LogP contribution in [0.2, 0.25) is 5.02 Å². The van der Waals surface area contributed by atoms with Crippen molar-refractivity contribution in [3.05, 3.63) is 55.8 Å². The van der Waals surface area contributed by atoms with Crippen LogP contribution in [0.1, 0.15) is 6.42 Å². The zero-order valence-corrected chi connectivity index (χ0v) is 12.3. The molecule has 0 unspecified atom stereocenters. The molecule has 0 bridgehead atoms. The molecular weight excluding hydrogens is 330 g/mol. The van der Waals surface area contributed by atoms with Gasteiger partial charge < -0.3 is 5.32 Å². The van der Waals surface area contributed by atoms with E-state index < -0.39 is 15.8 Å². The lowest BCUT2D eigenvalue weighted by Gasteiger charge is -2.07. The predicted octanol–water partition coefficient (Wildman–Crippen LogP) is 2.38. The number of anilines is 1. The van der Waals surface area contributed by atoms with E-state index in [1.807, 2.05) is 0 Å². The molecule has 0 spiro atoms. The van der Waals surface area contributed by atoms with Gasteiger partial charge >= 0.3 is 5.69 Å². The first-order valence-corrected chi connectivity index (χ1v) is 6.65. The van der Waals surface area contributed by atoms with Gasteiger partial charge in [-0.3, -0.25) is 29.7 Å². The Balaban J connectivity index is 1.98. The van der Waals surface area contributed by atoms with Crippen molar-refractivity contribution < 1.29 is 14.6 Å². The third-order valence-corrected chi connectivity index (χ3v) is 3.16. The fraction of sp³-hybridized carbons (Fsp3) is 0.167. The van der Waals surface area contributed by atoms with Crippen LogP contribution in [0, 0.1) is 20.2 Å². The molecule has 0 radical (unpaired) electrons. The minimum atomic E-state index is -0.602. The number of hydrogen-bond donors (Lipinski definition) is 1. The molecule has 10 nitrogen and oxygen atoms in total. The number of carbonyl (C=O) groups is 1. The third-order valence-electron chi connectivity index (χ3n) is 2.83. The maximum Gasteiger partial charge on any atom is 0.306 e. The van der Waals surface area contributed by atoms with E-state index in [0.717, 1.165) is 12.3 Å². The lowest BCUT2D eigenvalue weighted by atomic mass is 10.2. The number of halogens is 1. The van der Waals surface area contributed by atoms with Gasteiger partial charge in [0.2, 0.25) is 5.91 Å². The van der Waals surface area contributed by atoms with Gasteiger partial charge in [-0.1, -0.05) is 11.6 Å². The van der Waals surface area contributed by atoms with Gasteiger partial charge in [-0.25, -0.2) is 0 Å². The molecule has 2 rings (SSSR count). The Morgan fingerprint density at radius 1 is 1.26 bits per heavy atom. The van der Waals surface area contributed by atoms with Crippen molar-refractivity contribution in [1.82, 2.24) is 9.78 Å². The Morgan fingerprint density at radius 3 is 2.57 bits per heavy atom. The molecule has 11 heteroatoms. The average Bonchev–Trinajstić information content (AvgIpc) is 2.96. The fourth-order valence-electron chi connectivity index (χ4n) is 1.72. The maximum atomic E-state index is 11.8. The topological polar surface area (TPSA) is 133 Å². The molecule has 120 valence electrons. The van der Waals surface area contributed by atoms with Gasteiger partial charge in [-0.05, 0) is 6.07 Å². The molecule has 23 heavy (non-hydrogen) atoms. The summed E-state index contributed by atoms with van der Waals surface area (Å²) in [5, 5.41) is 27.6. The number of nitro benzene ring substituents is 1. The second-order valence-electron chi connectivity index (χ2n) is 4.44. The van der Waals surface area contributed by atoms with Gasteiger partial charge in [0, 0.05) is 25.1 Å². The quantitative estimate of drug-likeness (QED) is 0.634. The summed E-state index contributed by atoms with van der Waals surface area (Å²) in [5.74, 6) is -0.453. The monoisotopic (exact) mass is 339 g/mol. The number of carbonyl (C=O) groups excluding carboxylic acids is 1. The molecule has 0 aliphatic rings. The molecule has 0 fully saturated rings. The third kappa shape index (κ3) is 4.23. The smallest absolute Gasteiger partial charge is 0.306 e. The highest BCUT2D eigenvalue weighted by Gasteiger charge is 2.13. The summed E-state index contributed by atoms with van der Waals surface area (Å²) in [5.41, 5.74) is -0.253. The Kier molecular flexibility index (Phi) is 4.86. The standard InChI is InChI=1S/C12H10ClN5O5/c13-10-2-1-8(17(20)21)5-11(10)15-12(19)3-4-16-7-9(6-14-16)18(22)23/h1-2,5-7H,3-4H2,(H,15,19). The Bertz CT molecular complexity index is 775. The van der Waals surface area contributed by atoms with E-state index in [-0.39, 0.29) is 35.1 Å². The Hall–Kier alpha value is -3.01. The van der Waals surface area contributed by atoms with Crippen molar-refractivity contribution in [3.63, 3.8) is 0 Å². The van der Waals surface area contributed by atoms with E-state index in [4.69, 9.17) is 11.6 Å². The predicted molar refractivity (Wildman–Crippen MR) is 80.2 cm³/mol. The second-order valence-corrected chi connectivity index (χ2v) is 4.85. The van der Waals surface area contributed by atoms with E-state index >= 15 is 0 Å². The summed E-state index contributed by atoms with van der Waals surface area (Å²) in [6.45, 7) is 0.117. The van der Waals surface area contributed by atoms with Crippen molar-refractivity contribution in [2.75, 3.05) is 5.32 Å². The van der Waals surface area contributed by atoms with Gasteiger partial charge in [0.15, 0.2) is 0 Å². The zero-order valence-electron chi connectivity index (χ0n) is 11.5. The summed E-state index contributed by atoms with van der Waals surface area (Å²) < 4.78 is 1.26. The number of nitrogens with one attached hydrogen (secondary N) is 1. The SMILES string of the molecule is O=C(CCn1cc([N+](=O)[O-])cn1)Nc1cc([N+](=O)[O-])ccc1Cl. The Morgan fingerprint density at radius 2 is 1.96 bits per heavy atom. The van der Waals surface area contributed by atoms with Gasteiger partial charge in [0.1, 0.15) is 12.4 Å². The van der Waals surface area contributed by atoms with Crippen molar-refractivity contribution in [2.45, 2.75) is 13.0 Å². The number of nitrogens with zero attached hydrogens (tertiary/aromatic N) is 4.